The van der Waals surface area contributed by atoms with Crippen LogP contribution in [0.4, 0.5) is 0 Å². The topological polar surface area (TPSA) is 32.3 Å². The van der Waals surface area contributed by atoms with Gasteiger partial charge < -0.3 is 10.2 Å². The largest absolute Gasteiger partial charge is 0.342 e. The van der Waals surface area contributed by atoms with E-state index in [1.54, 1.807) is 11.3 Å². The zero-order valence-electron chi connectivity index (χ0n) is 11.1. The second kappa shape index (κ2) is 6.25. The number of hydrogen-bond acceptors (Lipinski definition) is 3. The third-order valence-electron chi connectivity index (χ3n) is 4.39. The SMILES string of the molecule is Cl.O=C(Cc1ccsc1)N1CCC2(CCNCC2)C1. The Hall–Kier alpha value is -0.580. The maximum atomic E-state index is 12.3. The van der Waals surface area contributed by atoms with Gasteiger partial charge in [-0.25, -0.2) is 0 Å². The van der Waals surface area contributed by atoms with E-state index in [-0.39, 0.29) is 12.4 Å². The highest BCUT2D eigenvalue weighted by atomic mass is 35.5. The van der Waals surface area contributed by atoms with Crippen molar-refractivity contribution < 1.29 is 4.79 Å². The maximum absolute atomic E-state index is 12.3. The molecule has 2 aliphatic heterocycles. The van der Waals surface area contributed by atoms with E-state index in [9.17, 15) is 4.79 Å². The molecule has 3 nitrogen and oxygen atoms in total. The third kappa shape index (κ3) is 3.30. The van der Waals surface area contributed by atoms with Crippen LogP contribution >= 0.6 is 23.7 Å². The van der Waals surface area contributed by atoms with E-state index in [0.717, 1.165) is 31.7 Å². The van der Waals surface area contributed by atoms with Gasteiger partial charge in [0.05, 0.1) is 6.42 Å². The summed E-state index contributed by atoms with van der Waals surface area (Å²) < 4.78 is 0. The Kier molecular flexibility index (Phi) is 4.87. The maximum Gasteiger partial charge on any atom is 0.227 e. The monoisotopic (exact) mass is 300 g/mol. The van der Waals surface area contributed by atoms with Crippen molar-refractivity contribution in [2.45, 2.75) is 25.7 Å². The van der Waals surface area contributed by atoms with E-state index in [0.29, 0.717) is 17.7 Å². The van der Waals surface area contributed by atoms with Gasteiger partial charge in [0.25, 0.3) is 0 Å². The van der Waals surface area contributed by atoms with E-state index < -0.39 is 0 Å². The lowest BCUT2D eigenvalue weighted by atomic mass is 9.78. The molecule has 5 heteroatoms. The fourth-order valence-electron chi connectivity index (χ4n) is 3.19. The summed E-state index contributed by atoms with van der Waals surface area (Å²) in [5, 5.41) is 7.53. The Labute approximate surface area is 124 Å². The predicted octanol–water partition coefficient (Wildman–Crippen LogP) is 2.31. The molecule has 0 saturated carbocycles. The van der Waals surface area contributed by atoms with Gasteiger partial charge in [0.1, 0.15) is 0 Å². The number of thiophene rings is 1. The summed E-state index contributed by atoms with van der Waals surface area (Å²) in [6.07, 6.45) is 4.24. The van der Waals surface area contributed by atoms with Gasteiger partial charge in [-0.2, -0.15) is 11.3 Å². The first-order chi connectivity index (χ1) is 8.77. The molecule has 1 aromatic rings. The molecule has 0 atom stereocenters. The molecule has 0 aromatic carbocycles. The summed E-state index contributed by atoms with van der Waals surface area (Å²) in [7, 11) is 0. The van der Waals surface area contributed by atoms with Gasteiger partial charge in [0.2, 0.25) is 5.91 Å². The molecular weight excluding hydrogens is 280 g/mol. The number of nitrogens with zero attached hydrogens (tertiary/aromatic N) is 1. The Bertz CT molecular complexity index is 415. The number of nitrogens with one attached hydrogen (secondary N) is 1. The van der Waals surface area contributed by atoms with Crippen LogP contribution in [0.5, 0.6) is 0 Å². The summed E-state index contributed by atoms with van der Waals surface area (Å²) in [5.74, 6) is 0.309. The van der Waals surface area contributed by atoms with E-state index in [4.69, 9.17) is 0 Å². The molecule has 0 radical (unpaired) electrons. The minimum absolute atomic E-state index is 0. The molecule has 2 saturated heterocycles. The molecule has 3 rings (SSSR count). The number of likely N-dealkylation sites (tertiary alicyclic amines) is 1. The molecule has 2 aliphatic rings. The van der Waals surface area contributed by atoms with E-state index in [1.165, 1.54) is 19.3 Å². The minimum Gasteiger partial charge on any atom is -0.342 e. The molecule has 2 fully saturated rings. The predicted molar refractivity (Wildman–Crippen MR) is 81.0 cm³/mol. The molecule has 1 N–H and O–H groups in total. The first kappa shape index (κ1) is 14.8. The first-order valence-electron chi connectivity index (χ1n) is 6.77. The molecule has 0 unspecified atom stereocenters. The van der Waals surface area contributed by atoms with Gasteiger partial charge in [-0.05, 0) is 60.2 Å². The van der Waals surface area contributed by atoms with Crippen molar-refractivity contribution in [1.29, 1.82) is 0 Å². The molecule has 0 aliphatic carbocycles. The second-order valence-electron chi connectivity index (χ2n) is 5.62. The standard InChI is InChI=1S/C14H20N2OS.ClH/c17-13(9-12-1-8-18-10-12)16-7-4-14(11-16)2-5-15-6-3-14;/h1,8,10,15H,2-7,9,11H2;1H. The van der Waals surface area contributed by atoms with Crippen LogP contribution in [0.15, 0.2) is 16.8 Å². The Morgan fingerprint density at radius 3 is 2.84 bits per heavy atom. The molecule has 1 aromatic heterocycles. The lowest BCUT2D eigenvalue weighted by molar-refractivity contribution is -0.129. The van der Waals surface area contributed by atoms with Gasteiger partial charge in [0, 0.05) is 13.1 Å². The fourth-order valence-corrected chi connectivity index (χ4v) is 3.86. The number of amides is 1. The zero-order valence-corrected chi connectivity index (χ0v) is 12.7. The molecule has 0 bridgehead atoms. The number of piperidine rings is 1. The van der Waals surface area contributed by atoms with Crippen molar-refractivity contribution in [2.24, 2.45) is 5.41 Å². The van der Waals surface area contributed by atoms with Crippen molar-refractivity contribution in [3.8, 4) is 0 Å². The van der Waals surface area contributed by atoms with Crippen molar-refractivity contribution in [2.75, 3.05) is 26.2 Å². The van der Waals surface area contributed by atoms with Crippen LogP contribution in [-0.2, 0) is 11.2 Å². The molecule has 1 amide bonds. The minimum atomic E-state index is 0. The highest BCUT2D eigenvalue weighted by Gasteiger charge is 2.40. The van der Waals surface area contributed by atoms with E-state index in [2.05, 4.69) is 21.7 Å². The lowest BCUT2D eigenvalue weighted by Gasteiger charge is -2.33. The highest BCUT2D eigenvalue weighted by Crippen LogP contribution is 2.38. The van der Waals surface area contributed by atoms with Gasteiger partial charge in [-0.3, -0.25) is 4.79 Å². The smallest absolute Gasteiger partial charge is 0.227 e. The van der Waals surface area contributed by atoms with Gasteiger partial charge >= 0.3 is 0 Å². The molecule has 3 heterocycles. The number of carbonyl (C=O) groups is 1. The first-order valence-corrected chi connectivity index (χ1v) is 7.71. The highest BCUT2D eigenvalue weighted by molar-refractivity contribution is 7.07. The van der Waals surface area contributed by atoms with Gasteiger partial charge in [-0.1, -0.05) is 0 Å². The van der Waals surface area contributed by atoms with Crippen molar-refractivity contribution in [1.82, 2.24) is 10.2 Å². The number of halogens is 1. The van der Waals surface area contributed by atoms with Crippen molar-refractivity contribution >= 4 is 29.7 Å². The lowest BCUT2D eigenvalue weighted by Crippen LogP contribution is -2.40. The van der Waals surface area contributed by atoms with Crippen LogP contribution in [0.2, 0.25) is 0 Å². The summed E-state index contributed by atoms with van der Waals surface area (Å²) in [4.78, 5) is 14.3. The Morgan fingerprint density at radius 2 is 2.16 bits per heavy atom. The summed E-state index contributed by atoms with van der Waals surface area (Å²) >= 11 is 1.67. The van der Waals surface area contributed by atoms with E-state index in [1.807, 2.05) is 5.38 Å². The number of hydrogen-bond donors (Lipinski definition) is 1. The van der Waals surface area contributed by atoms with Crippen LogP contribution in [-0.4, -0.2) is 37.0 Å². The van der Waals surface area contributed by atoms with Crippen LogP contribution in [0.1, 0.15) is 24.8 Å². The zero-order chi connectivity index (χ0) is 12.4. The van der Waals surface area contributed by atoms with Crippen LogP contribution < -0.4 is 5.32 Å². The van der Waals surface area contributed by atoms with Crippen molar-refractivity contribution in [3.05, 3.63) is 22.4 Å². The fraction of sp³-hybridized carbons (Fsp3) is 0.643. The average molecular weight is 301 g/mol. The number of carbonyl (C=O) groups excluding carboxylic acids is 1. The van der Waals surface area contributed by atoms with Crippen LogP contribution in [0.25, 0.3) is 0 Å². The van der Waals surface area contributed by atoms with E-state index >= 15 is 0 Å². The second-order valence-corrected chi connectivity index (χ2v) is 6.40. The summed E-state index contributed by atoms with van der Waals surface area (Å²) in [6, 6.07) is 2.05. The van der Waals surface area contributed by atoms with Gasteiger partial charge in [-0.15, -0.1) is 12.4 Å². The quantitative estimate of drug-likeness (QED) is 0.909. The normalized spacial score (nSPS) is 21.4. The Morgan fingerprint density at radius 1 is 1.37 bits per heavy atom. The number of rotatable bonds is 2. The molecule has 19 heavy (non-hydrogen) atoms. The molecule has 106 valence electrons. The molecule has 1 spiro atoms. The van der Waals surface area contributed by atoms with Crippen LogP contribution in [0.3, 0.4) is 0 Å². The average Bonchev–Trinajstić information content (AvgIpc) is 3.01. The van der Waals surface area contributed by atoms with Crippen LogP contribution in [0, 0.1) is 5.41 Å². The van der Waals surface area contributed by atoms with Gasteiger partial charge in [0.15, 0.2) is 0 Å². The summed E-state index contributed by atoms with van der Waals surface area (Å²) in [6.45, 7) is 4.18. The summed E-state index contributed by atoms with van der Waals surface area (Å²) in [5.41, 5.74) is 1.59. The third-order valence-corrected chi connectivity index (χ3v) is 5.12. The molecular formula is C14H21ClN2OS. The Balaban J connectivity index is 0.00000133. The van der Waals surface area contributed by atoms with Crippen molar-refractivity contribution in [3.63, 3.8) is 0 Å².